The van der Waals surface area contributed by atoms with E-state index in [1.807, 2.05) is 46.4 Å². The molecule has 10 aliphatic heterocycles. The van der Waals surface area contributed by atoms with Crippen LogP contribution in [0, 0.1) is 54.1 Å². The molecule has 17 heteroatoms. The van der Waals surface area contributed by atoms with Crippen molar-refractivity contribution in [2.24, 2.45) is 54.1 Å². The van der Waals surface area contributed by atoms with Gasteiger partial charge >= 0.3 is 6.05 Å². The van der Waals surface area contributed by atoms with E-state index in [2.05, 4.69) is 205 Å². The van der Waals surface area contributed by atoms with Gasteiger partial charge in [0.15, 0.2) is 0 Å². The second-order valence-corrected chi connectivity index (χ2v) is 60.6. The van der Waals surface area contributed by atoms with Gasteiger partial charge < -0.3 is 0 Å². The topological polar surface area (TPSA) is 32.4 Å². The summed E-state index contributed by atoms with van der Waals surface area (Å²) in [7, 11) is 0. The first kappa shape index (κ1) is 113. The molecule has 10 spiro atoms. The number of hydrogen-bond donors (Lipinski definition) is 0. The van der Waals surface area contributed by atoms with Crippen molar-refractivity contribution in [3.8, 4) is 0 Å². The summed E-state index contributed by atoms with van der Waals surface area (Å²) in [4.78, 5) is 23.8. The largest absolute Gasteiger partial charge is 0.305 e. The van der Waals surface area contributed by atoms with E-state index in [4.69, 9.17) is 0 Å². The lowest BCUT2D eigenvalue weighted by atomic mass is 9.60. The normalized spacial score (nSPS) is 30.3. The Kier molecular flexibility index (Phi) is 34.8. The lowest BCUT2D eigenvalue weighted by Gasteiger charge is -2.60. The number of rotatable bonds is 0. The number of alkyl halides is 7. The second-order valence-electron chi connectivity index (χ2n) is 60.6. The Morgan fingerprint density at radius 3 is 0.701 bits per heavy atom. The molecule has 0 aromatic heterocycles. The minimum Gasteiger partial charge on any atom is -0.298 e. The molecule has 0 N–H and O–H groups in total. The van der Waals surface area contributed by atoms with E-state index in [0.717, 1.165) is 123 Å². The van der Waals surface area contributed by atoms with Gasteiger partial charge in [0.2, 0.25) is 0 Å². The number of nitrogens with zero attached hydrogens (tertiary/aromatic N) is 10. The van der Waals surface area contributed by atoms with E-state index in [1.54, 1.807) is 6.92 Å². The summed E-state index contributed by atoms with van der Waals surface area (Å²) in [6.07, 6.45) is 52.4. The van der Waals surface area contributed by atoms with Crippen LogP contribution in [0.2, 0.25) is 0 Å². The van der Waals surface area contributed by atoms with Crippen LogP contribution >= 0.6 is 0 Å². The molecular weight excluding hydrogens is 1680 g/mol. The number of halogens is 7. The van der Waals surface area contributed by atoms with Crippen molar-refractivity contribution < 1.29 is 30.7 Å². The van der Waals surface area contributed by atoms with Crippen molar-refractivity contribution in [1.82, 2.24) is 49.0 Å². The smallest absolute Gasteiger partial charge is 0.298 e. The average Bonchev–Trinajstić information content (AvgIpc) is 0.993. The van der Waals surface area contributed by atoms with E-state index in [0.29, 0.717) is 77.5 Å². The minimum atomic E-state index is -2.60. The minimum absolute atomic E-state index is 0.00868. The molecule has 0 radical (unpaired) electrons. The fourth-order valence-electron chi connectivity index (χ4n) is 28.2. The Bertz CT molecular complexity index is 3600. The average molecular weight is 1900 g/mol. The maximum atomic E-state index is 14.0. The van der Waals surface area contributed by atoms with E-state index in [1.165, 1.54) is 257 Å². The zero-order valence-corrected chi connectivity index (χ0v) is 94.0. The predicted octanol–water partition coefficient (Wildman–Crippen LogP) is 30.4. The van der Waals surface area contributed by atoms with Crippen molar-refractivity contribution in [3.63, 3.8) is 0 Å². The first-order chi connectivity index (χ1) is 61.1. The fraction of sp³-hybridized carbons (Fsp3) is 1.00. The van der Waals surface area contributed by atoms with Crippen LogP contribution in [0.5, 0.6) is 0 Å². The maximum absolute atomic E-state index is 14.0. The SMILES string of the molecule is CC(C)(C)N1CC2(CCC2)C1.CC(C)(C)N1CC2(CCCC2)C1.CC(C)(C)N1CC2(CCCCC2(F)F)C1.CC(C)(C)N1CC2(CCCCC2)C1.CC(C)(C)N1CCC2(CCC2)C(F)(F)C1.CC(C)(C)N1CCC2(CCC2)C1.CC(C)(C)N1CCC2(CCC2)CC1.CC(C)(C)N1CCC2(CCC2)CC1(F)F.CC(C)(C)N1CCC2(CCCC2)C1.CC1(F)CCCC2(CN(C(C)(C)C)C2)C1. The molecule has 784 valence electrons. The zero-order chi connectivity index (χ0) is 99.6. The summed E-state index contributed by atoms with van der Waals surface area (Å²) in [5.74, 6) is -4.90. The highest BCUT2D eigenvalue weighted by atomic mass is 19.3. The third-order valence-corrected chi connectivity index (χ3v) is 39.7. The van der Waals surface area contributed by atoms with Crippen LogP contribution in [0.3, 0.4) is 0 Å². The Hall–Kier alpha value is -0.890. The highest BCUT2D eigenvalue weighted by Crippen LogP contribution is 2.62. The van der Waals surface area contributed by atoms with E-state index in [-0.39, 0.29) is 41.4 Å². The van der Waals surface area contributed by atoms with Gasteiger partial charge in [0.25, 0.3) is 11.8 Å². The molecule has 20 fully saturated rings. The molecular formula is C117H217F7N10. The molecule has 10 saturated heterocycles. The van der Waals surface area contributed by atoms with Gasteiger partial charge in [-0.25, -0.2) is 26.9 Å². The molecule has 10 aliphatic carbocycles. The molecule has 10 heterocycles. The Balaban J connectivity index is 0.000000143. The van der Waals surface area contributed by atoms with Gasteiger partial charge in [-0.15, -0.1) is 0 Å². The van der Waals surface area contributed by atoms with Crippen molar-refractivity contribution in [2.75, 3.05) is 124 Å². The van der Waals surface area contributed by atoms with Gasteiger partial charge in [-0.05, 0) is 470 Å². The first-order valence-electron chi connectivity index (χ1n) is 56.5. The maximum Gasteiger partial charge on any atom is 0.305 e. The first-order valence-corrected chi connectivity index (χ1v) is 56.5. The van der Waals surface area contributed by atoms with Crippen molar-refractivity contribution in [2.45, 2.75) is 570 Å². The molecule has 1 unspecified atom stereocenters. The monoisotopic (exact) mass is 1900 g/mol. The molecule has 10 nitrogen and oxygen atoms in total. The van der Waals surface area contributed by atoms with Crippen LogP contribution in [0.25, 0.3) is 0 Å². The summed E-state index contributed by atoms with van der Waals surface area (Å²) in [5, 5.41) is 0. The van der Waals surface area contributed by atoms with Crippen molar-refractivity contribution in [3.05, 3.63) is 0 Å². The van der Waals surface area contributed by atoms with Gasteiger partial charge in [-0.3, -0.25) is 44.1 Å². The molecule has 0 amide bonds. The second kappa shape index (κ2) is 41.1. The van der Waals surface area contributed by atoms with E-state index in [9.17, 15) is 30.7 Å². The quantitative estimate of drug-likeness (QED) is 0.173. The highest BCUT2D eigenvalue weighted by molar-refractivity contribution is 5.12. The summed E-state index contributed by atoms with van der Waals surface area (Å²) >= 11 is 0. The molecule has 0 aromatic rings. The lowest BCUT2D eigenvalue weighted by molar-refractivity contribution is -0.238. The summed E-state index contributed by atoms with van der Waals surface area (Å²) in [6, 6.07) is -2.60. The Morgan fingerprint density at radius 1 is 0.164 bits per heavy atom. The van der Waals surface area contributed by atoms with E-state index >= 15 is 0 Å². The third kappa shape index (κ3) is 28.1. The van der Waals surface area contributed by atoms with Gasteiger partial charge in [-0.1, -0.05) is 83.5 Å². The van der Waals surface area contributed by atoms with Crippen LogP contribution in [-0.4, -0.2) is 252 Å². The van der Waals surface area contributed by atoms with Crippen molar-refractivity contribution >= 4 is 0 Å². The molecule has 20 aliphatic rings. The zero-order valence-electron chi connectivity index (χ0n) is 94.0. The summed E-state index contributed by atoms with van der Waals surface area (Å²) in [6.45, 7) is 89.6. The standard InChI is InChI=1S/C13H24FN.3C12H21F2N.3C12H23N.2C11H21N.C10H19N/c1-11(2,3)15-9-13(10-15)7-5-6-12(4,14)8-13;1-10(2,3)15-8-7-11(5-4-6-11)12(13,14)9-15;1-10(2,3)15-8-7-11(5-4-6-11)9-12(15,13)14;1-10(2,3)15-8-11(9-15)6-4-5-7-12(11,13)14;1-11(2,3)13-9-7-12(8-10-13)5-4-6-12;1-11(2,3)13-9-8-12(10-13)6-4-5-7-12;1-11(2,3)13-9-12(10-13)7-5-4-6-8-12;1-10(2,3)12-8-7-11(9-12)5-4-6-11;1-10(2,3)12-8-11(9-12)6-4-5-7-11;1-9(2,3)11-7-10(8-11)5-4-6-10/h5-10H2,1-4H3;3*4-9H2,1-3H3;3*4-10H2,1-3H3;2*4-9H2,1-3H3;4-8H2,1-3H3. The highest BCUT2D eigenvalue weighted by Gasteiger charge is 2.64. The molecule has 0 bridgehead atoms. The van der Waals surface area contributed by atoms with Gasteiger partial charge in [-0.2, -0.15) is 8.78 Å². The molecule has 20 rings (SSSR count). The third-order valence-electron chi connectivity index (χ3n) is 39.7. The lowest BCUT2D eigenvalue weighted by Crippen LogP contribution is -2.69. The van der Waals surface area contributed by atoms with Crippen LogP contribution in [0.4, 0.5) is 30.7 Å². The number of likely N-dealkylation sites (tertiary alicyclic amines) is 10. The van der Waals surface area contributed by atoms with Crippen LogP contribution in [0.1, 0.15) is 491 Å². The van der Waals surface area contributed by atoms with Gasteiger partial charge in [0.1, 0.15) is 5.67 Å². The predicted molar refractivity (Wildman–Crippen MR) is 556 cm³/mol. The van der Waals surface area contributed by atoms with E-state index < -0.39 is 39.9 Å². The number of piperidine rings is 3. The van der Waals surface area contributed by atoms with Gasteiger partial charge in [0, 0.05) is 159 Å². The number of hydrogen-bond acceptors (Lipinski definition) is 10. The summed E-state index contributed by atoms with van der Waals surface area (Å²) < 4.78 is 97.8. The Morgan fingerprint density at radius 2 is 0.410 bits per heavy atom. The molecule has 1 atom stereocenters. The molecule has 0 aromatic carbocycles. The van der Waals surface area contributed by atoms with Crippen molar-refractivity contribution in [1.29, 1.82) is 0 Å². The molecule has 134 heavy (non-hydrogen) atoms. The van der Waals surface area contributed by atoms with Crippen LogP contribution in [0.15, 0.2) is 0 Å². The van der Waals surface area contributed by atoms with Crippen LogP contribution in [-0.2, 0) is 0 Å². The fourth-order valence-corrected chi connectivity index (χ4v) is 28.2. The molecule has 10 saturated carbocycles. The van der Waals surface area contributed by atoms with Gasteiger partial charge in [0.05, 0.1) is 12.0 Å². The Labute approximate surface area is 823 Å². The van der Waals surface area contributed by atoms with Crippen LogP contribution < -0.4 is 0 Å². The summed E-state index contributed by atoms with van der Waals surface area (Å²) in [5.41, 5.74) is 4.91.